The van der Waals surface area contributed by atoms with E-state index in [1.54, 1.807) is 12.1 Å². The molecule has 0 spiro atoms. The zero-order valence-electron chi connectivity index (χ0n) is 14.0. The maximum atomic E-state index is 12.7. The molecule has 0 atom stereocenters. The first-order chi connectivity index (χ1) is 12.7. The molecule has 132 valence electrons. The molecule has 3 aromatic rings. The van der Waals surface area contributed by atoms with Gasteiger partial charge >= 0.3 is 5.97 Å². The van der Waals surface area contributed by atoms with Gasteiger partial charge in [-0.3, -0.25) is 4.79 Å². The Labute approximate surface area is 155 Å². The number of hydrogen-bond donors (Lipinski definition) is 0. The third-order valence-electron chi connectivity index (χ3n) is 4.82. The standard InChI is InChI=1S/C20H17ClN2O3/c21-16-9-7-14(8-10-16)18-22-17(26-23-18)13-25-19(24)20(11-4-12-20)15-5-2-1-3-6-15/h1-3,5-10H,4,11-13H2. The van der Waals surface area contributed by atoms with Crippen molar-refractivity contribution in [3.05, 3.63) is 71.1 Å². The SMILES string of the molecule is O=C(OCc1nc(-c2ccc(Cl)cc2)no1)C1(c2ccccc2)CCC1. The van der Waals surface area contributed by atoms with Gasteiger partial charge in [-0.05, 0) is 42.7 Å². The highest BCUT2D eigenvalue weighted by Gasteiger charge is 2.47. The van der Waals surface area contributed by atoms with Crippen LogP contribution in [-0.2, 0) is 21.6 Å². The zero-order valence-corrected chi connectivity index (χ0v) is 14.8. The van der Waals surface area contributed by atoms with E-state index in [4.69, 9.17) is 20.9 Å². The summed E-state index contributed by atoms with van der Waals surface area (Å²) in [7, 11) is 0. The maximum absolute atomic E-state index is 12.7. The first kappa shape index (κ1) is 16.8. The van der Waals surface area contributed by atoms with E-state index in [0.29, 0.717) is 10.8 Å². The lowest BCUT2D eigenvalue weighted by molar-refractivity contribution is -0.156. The van der Waals surface area contributed by atoms with Crippen LogP contribution in [0.4, 0.5) is 0 Å². The molecule has 0 N–H and O–H groups in total. The summed E-state index contributed by atoms with van der Waals surface area (Å²) >= 11 is 5.88. The molecule has 6 heteroatoms. The number of nitrogens with zero attached hydrogens (tertiary/aromatic N) is 2. The van der Waals surface area contributed by atoms with Crippen molar-refractivity contribution in [2.24, 2.45) is 0 Å². The van der Waals surface area contributed by atoms with Crippen molar-refractivity contribution in [2.45, 2.75) is 31.3 Å². The van der Waals surface area contributed by atoms with Crippen LogP contribution in [0.3, 0.4) is 0 Å². The van der Waals surface area contributed by atoms with E-state index in [-0.39, 0.29) is 18.5 Å². The first-order valence-electron chi connectivity index (χ1n) is 8.49. The van der Waals surface area contributed by atoms with Gasteiger partial charge in [0.2, 0.25) is 5.82 Å². The number of carbonyl (C=O) groups is 1. The van der Waals surface area contributed by atoms with E-state index in [9.17, 15) is 4.79 Å². The van der Waals surface area contributed by atoms with Crippen molar-refractivity contribution in [3.63, 3.8) is 0 Å². The molecule has 0 saturated heterocycles. The van der Waals surface area contributed by atoms with Gasteiger partial charge in [-0.25, -0.2) is 0 Å². The minimum atomic E-state index is -0.541. The second-order valence-corrected chi connectivity index (χ2v) is 6.83. The van der Waals surface area contributed by atoms with Crippen molar-refractivity contribution < 1.29 is 14.1 Å². The lowest BCUT2D eigenvalue weighted by atomic mass is 9.64. The molecule has 0 aliphatic heterocycles. The molecule has 1 aliphatic carbocycles. The van der Waals surface area contributed by atoms with E-state index < -0.39 is 5.41 Å². The van der Waals surface area contributed by atoms with Gasteiger partial charge in [-0.1, -0.05) is 53.5 Å². The van der Waals surface area contributed by atoms with Gasteiger partial charge in [0, 0.05) is 10.6 Å². The van der Waals surface area contributed by atoms with Crippen LogP contribution in [-0.4, -0.2) is 16.1 Å². The number of ether oxygens (including phenoxy) is 1. The van der Waals surface area contributed by atoms with Gasteiger partial charge in [0.15, 0.2) is 6.61 Å². The lowest BCUT2D eigenvalue weighted by Gasteiger charge is -2.39. The van der Waals surface area contributed by atoms with Crippen molar-refractivity contribution in [1.82, 2.24) is 10.1 Å². The van der Waals surface area contributed by atoms with Crippen molar-refractivity contribution in [1.29, 1.82) is 0 Å². The monoisotopic (exact) mass is 368 g/mol. The summed E-state index contributed by atoms with van der Waals surface area (Å²) in [5.41, 5.74) is 1.25. The van der Waals surface area contributed by atoms with E-state index in [1.165, 1.54) is 0 Å². The van der Waals surface area contributed by atoms with Crippen molar-refractivity contribution in [2.75, 3.05) is 0 Å². The van der Waals surface area contributed by atoms with E-state index in [2.05, 4.69) is 10.1 Å². The fourth-order valence-electron chi connectivity index (χ4n) is 3.19. The van der Waals surface area contributed by atoms with Gasteiger partial charge in [0.05, 0.1) is 5.41 Å². The van der Waals surface area contributed by atoms with Crippen LogP contribution in [0, 0.1) is 0 Å². The smallest absolute Gasteiger partial charge is 0.317 e. The minimum Gasteiger partial charge on any atom is -0.455 e. The Morgan fingerprint density at radius 3 is 2.50 bits per heavy atom. The largest absolute Gasteiger partial charge is 0.455 e. The Balaban J connectivity index is 1.44. The second-order valence-electron chi connectivity index (χ2n) is 6.40. The predicted molar refractivity (Wildman–Crippen MR) is 96.5 cm³/mol. The summed E-state index contributed by atoms with van der Waals surface area (Å²) in [4.78, 5) is 17.0. The first-order valence-corrected chi connectivity index (χ1v) is 8.86. The quantitative estimate of drug-likeness (QED) is 0.618. The number of halogens is 1. The predicted octanol–water partition coefficient (Wildman–Crippen LogP) is 4.56. The number of hydrogen-bond acceptors (Lipinski definition) is 5. The van der Waals surface area contributed by atoms with Crippen LogP contribution in [0.25, 0.3) is 11.4 Å². The molecule has 2 aromatic carbocycles. The highest BCUT2D eigenvalue weighted by atomic mass is 35.5. The Kier molecular flexibility index (Phi) is 4.47. The number of aromatic nitrogens is 2. The summed E-state index contributed by atoms with van der Waals surface area (Å²) in [6.07, 6.45) is 2.62. The summed E-state index contributed by atoms with van der Waals surface area (Å²) in [5, 5.41) is 4.57. The molecule has 0 amide bonds. The average Bonchev–Trinajstić information content (AvgIpc) is 3.10. The Morgan fingerprint density at radius 1 is 1.12 bits per heavy atom. The average molecular weight is 369 g/mol. The zero-order chi connectivity index (χ0) is 18.0. The molecule has 1 fully saturated rings. The third-order valence-corrected chi connectivity index (χ3v) is 5.07. The van der Waals surface area contributed by atoms with Crippen LogP contribution in [0.1, 0.15) is 30.7 Å². The lowest BCUT2D eigenvalue weighted by Crippen LogP contribution is -2.43. The molecule has 4 rings (SSSR count). The third kappa shape index (κ3) is 3.10. The van der Waals surface area contributed by atoms with Gasteiger partial charge in [-0.15, -0.1) is 0 Å². The van der Waals surface area contributed by atoms with E-state index >= 15 is 0 Å². The molecule has 0 unspecified atom stereocenters. The molecule has 0 bridgehead atoms. The van der Waals surface area contributed by atoms with Gasteiger partial charge in [0.25, 0.3) is 5.89 Å². The Hall–Kier alpha value is -2.66. The van der Waals surface area contributed by atoms with Crippen LogP contribution in [0.2, 0.25) is 5.02 Å². The summed E-state index contributed by atoms with van der Waals surface area (Å²) in [5.74, 6) is 0.473. The molecule has 5 nitrogen and oxygen atoms in total. The molecular formula is C20H17ClN2O3. The molecule has 1 heterocycles. The van der Waals surface area contributed by atoms with Gasteiger partial charge in [0.1, 0.15) is 0 Å². The van der Waals surface area contributed by atoms with Crippen molar-refractivity contribution in [3.8, 4) is 11.4 Å². The van der Waals surface area contributed by atoms with Gasteiger partial charge in [-0.2, -0.15) is 4.98 Å². The Bertz CT molecular complexity index is 902. The number of carbonyl (C=O) groups excluding carboxylic acids is 1. The molecule has 1 aromatic heterocycles. The number of rotatable bonds is 5. The number of benzene rings is 2. The molecule has 1 aliphatic rings. The molecule has 26 heavy (non-hydrogen) atoms. The molecule has 0 radical (unpaired) electrons. The summed E-state index contributed by atoms with van der Waals surface area (Å²) in [6.45, 7) is -0.0337. The summed E-state index contributed by atoms with van der Waals surface area (Å²) < 4.78 is 10.7. The highest BCUT2D eigenvalue weighted by molar-refractivity contribution is 6.30. The maximum Gasteiger partial charge on any atom is 0.317 e. The van der Waals surface area contributed by atoms with E-state index in [0.717, 1.165) is 30.4 Å². The van der Waals surface area contributed by atoms with E-state index in [1.807, 2.05) is 42.5 Å². The van der Waals surface area contributed by atoms with Crippen LogP contribution in [0.15, 0.2) is 59.1 Å². The fourth-order valence-corrected chi connectivity index (χ4v) is 3.32. The fraction of sp³-hybridized carbons (Fsp3) is 0.250. The van der Waals surface area contributed by atoms with Crippen LogP contribution in [0.5, 0.6) is 0 Å². The van der Waals surface area contributed by atoms with Crippen molar-refractivity contribution >= 4 is 17.6 Å². The topological polar surface area (TPSA) is 65.2 Å². The molecule has 1 saturated carbocycles. The Morgan fingerprint density at radius 2 is 1.85 bits per heavy atom. The normalized spacial score (nSPS) is 15.3. The van der Waals surface area contributed by atoms with Crippen LogP contribution >= 0.6 is 11.6 Å². The van der Waals surface area contributed by atoms with Gasteiger partial charge < -0.3 is 9.26 Å². The van der Waals surface area contributed by atoms with Crippen LogP contribution < -0.4 is 0 Å². The minimum absolute atomic E-state index is 0.0337. The summed E-state index contributed by atoms with van der Waals surface area (Å²) in [6, 6.07) is 16.9. The highest BCUT2D eigenvalue weighted by Crippen LogP contribution is 2.44. The molecular weight excluding hydrogens is 352 g/mol. The number of esters is 1. The second kappa shape index (κ2) is 6.92.